The van der Waals surface area contributed by atoms with Crippen LogP contribution in [-0.2, 0) is 4.79 Å². The minimum Gasteiger partial charge on any atom is -0.490 e. The number of nitriles is 1. The first-order chi connectivity index (χ1) is 12.0. The zero-order valence-corrected chi connectivity index (χ0v) is 14.5. The molecule has 1 atom stereocenters. The number of carbonyl (C=O) groups is 2. The highest BCUT2D eigenvalue weighted by Gasteiger charge is 2.22. The quantitative estimate of drug-likeness (QED) is 0.825. The third-order valence-corrected chi connectivity index (χ3v) is 3.97. The number of imide groups is 1. The average molecular weight is 345 g/mol. The number of urea groups is 1. The molecule has 0 bridgehead atoms. The Labute approximate surface area is 147 Å². The average Bonchev–Trinajstić information content (AvgIpc) is 3.09. The summed E-state index contributed by atoms with van der Waals surface area (Å²) < 4.78 is 11.0. The molecule has 134 valence electrons. The summed E-state index contributed by atoms with van der Waals surface area (Å²) in [5.74, 6) is 0.193. The Kier molecular flexibility index (Phi) is 6.63. The molecule has 7 heteroatoms. The molecule has 0 aromatic heterocycles. The molecule has 2 rings (SSSR count). The van der Waals surface area contributed by atoms with Crippen LogP contribution in [0, 0.1) is 11.3 Å². The maximum absolute atomic E-state index is 12.1. The zero-order valence-electron chi connectivity index (χ0n) is 14.5. The van der Waals surface area contributed by atoms with Crippen molar-refractivity contribution in [2.75, 3.05) is 6.61 Å². The van der Waals surface area contributed by atoms with Gasteiger partial charge >= 0.3 is 6.03 Å². The summed E-state index contributed by atoms with van der Waals surface area (Å²) in [5.41, 5.74) is 0.434. The predicted molar refractivity (Wildman–Crippen MR) is 91.3 cm³/mol. The minimum absolute atomic E-state index is 0.132. The number of benzene rings is 1. The van der Waals surface area contributed by atoms with Crippen LogP contribution in [0.2, 0.25) is 0 Å². The predicted octanol–water partition coefficient (Wildman–Crippen LogP) is 2.49. The smallest absolute Gasteiger partial charge is 0.321 e. The minimum atomic E-state index is -0.888. The SMILES string of the molecule is CCOc1cc(C#N)ccc1O[C@H](C)C(=O)NC(=O)NC1CCCC1. The monoisotopic (exact) mass is 345 g/mol. The van der Waals surface area contributed by atoms with Gasteiger partial charge in [0.2, 0.25) is 0 Å². The van der Waals surface area contributed by atoms with Gasteiger partial charge in [-0.25, -0.2) is 4.79 Å². The molecule has 1 aliphatic carbocycles. The van der Waals surface area contributed by atoms with Crippen molar-refractivity contribution >= 4 is 11.9 Å². The van der Waals surface area contributed by atoms with Crippen molar-refractivity contribution in [1.29, 1.82) is 5.26 Å². The van der Waals surface area contributed by atoms with Gasteiger partial charge in [-0.1, -0.05) is 12.8 Å². The Morgan fingerprint density at radius 1 is 1.32 bits per heavy atom. The van der Waals surface area contributed by atoms with Gasteiger partial charge < -0.3 is 14.8 Å². The molecular weight excluding hydrogens is 322 g/mol. The fourth-order valence-corrected chi connectivity index (χ4v) is 2.69. The van der Waals surface area contributed by atoms with Crippen LogP contribution < -0.4 is 20.1 Å². The van der Waals surface area contributed by atoms with Gasteiger partial charge in [-0.15, -0.1) is 0 Å². The Morgan fingerprint density at radius 3 is 2.68 bits per heavy atom. The molecule has 0 saturated heterocycles. The molecule has 0 spiro atoms. The highest BCUT2D eigenvalue weighted by Crippen LogP contribution is 2.29. The first-order valence-corrected chi connectivity index (χ1v) is 8.48. The summed E-state index contributed by atoms with van der Waals surface area (Å²) in [4.78, 5) is 24.0. The number of nitrogens with zero attached hydrogens (tertiary/aromatic N) is 1. The molecule has 0 aliphatic heterocycles. The molecule has 0 heterocycles. The summed E-state index contributed by atoms with van der Waals surface area (Å²) in [5, 5.41) is 14.0. The van der Waals surface area contributed by atoms with Gasteiger partial charge in [-0.2, -0.15) is 5.26 Å². The Morgan fingerprint density at radius 2 is 2.04 bits per heavy atom. The Balaban J connectivity index is 1.93. The van der Waals surface area contributed by atoms with Gasteiger partial charge in [-0.05, 0) is 38.8 Å². The Bertz CT molecular complexity index is 663. The number of hydrogen-bond donors (Lipinski definition) is 2. The maximum Gasteiger partial charge on any atom is 0.321 e. The van der Waals surface area contributed by atoms with Crippen molar-refractivity contribution < 1.29 is 19.1 Å². The summed E-state index contributed by atoms with van der Waals surface area (Å²) >= 11 is 0. The van der Waals surface area contributed by atoms with Gasteiger partial charge in [0.15, 0.2) is 17.6 Å². The second kappa shape index (κ2) is 8.92. The van der Waals surface area contributed by atoms with Crippen molar-refractivity contribution in [3.63, 3.8) is 0 Å². The van der Waals surface area contributed by atoms with E-state index in [9.17, 15) is 9.59 Å². The Hall–Kier alpha value is -2.75. The van der Waals surface area contributed by atoms with E-state index in [1.54, 1.807) is 25.1 Å². The third kappa shape index (κ3) is 5.38. The van der Waals surface area contributed by atoms with E-state index < -0.39 is 18.0 Å². The summed E-state index contributed by atoms with van der Waals surface area (Å²) in [6.45, 7) is 3.76. The topological polar surface area (TPSA) is 100 Å². The van der Waals surface area contributed by atoms with Crippen molar-refractivity contribution in [1.82, 2.24) is 10.6 Å². The van der Waals surface area contributed by atoms with E-state index in [2.05, 4.69) is 10.6 Å². The molecular formula is C18H23N3O4. The molecule has 1 fully saturated rings. The fraction of sp³-hybridized carbons (Fsp3) is 0.500. The second-order valence-electron chi connectivity index (χ2n) is 5.91. The standard InChI is InChI=1S/C18H23N3O4/c1-3-24-16-10-13(11-19)8-9-15(16)25-12(2)17(22)21-18(23)20-14-6-4-5-7-14/h8-10,12,14H,3-7H2,1-2H3,(H2,20,21,22,23)/t12-/m1/s1. The lowest BCUT2D eigenvalue weighted by atomic mass is 10.2. The van der Waals surface area contributed by atoms with Crippen LogP contribution >= 0.6 is 0 Å². The molecule has 0 radical (unpaired) electrons. The normalized spacial score (nSPS) is 15.1. The zero-order chi connectivity index (χ0) is 18.2. The van der Waals surface area contributed by atoms with Crippen molar-refractivity contribution in [2.45, 2.75) is 51.7 Å². The summed E-state index contributed by atoms with van der Waals surface area (Å²) in [7, 11) is 0. The van der Waals surface area contributed by atoms with Gasteiger partial charge in [-0.3, -0.25) is 10.1 Å². The lowest BCUT2D eigenvalue weighted by molar-refractivity contribution is -0.126. The first kappa shape index (κ1) is 18.6. The molecule has 1 saturated carbocycles. The highest BCUT2D eigenvalue weighted by atomic mass is 16.5. The molecule has 1 aromatic rings. The van der Waals surface area contributed by atoms with Crippen LogP contribution in [0.15, 0.2) is 18.2 Å². The van der Waals surface area contributed by atoms with Crippen LogP contribution in [0.3, 0.4) is 0 Å². The van der Waals surface area contributed by atoms with Gasteiger partial charge in [0.1, 0.15) is 0 Å². The van der Waals surface area contributed by atoms with E-state index in [4.69, 9.17) is 14.7 Å². The van der Waals surface area contributed by atoms with E-state index in [0.717, 1.165) is 25.7 Å². The lowest BCUT2D eigenvalue weighted by Gasteiger charge is -2.18. The van der Waals surface area contributed by atoms with E-state index in [-0.39, 0.29) is 6.04 Å². The highest BCUT2D eigenvalue weighted by molar-refractivity contribution is 5.96. The van der Waals surface area contributed by atoms with Crippen LogP contribution in [-0.4, -0.2) is 30.7 Å². The number of hydrogen-bond acceptors (Lipinski definition) is 5. The second-order valence-corrected chi connectivity index (χ2v) is 5.91. The van der Waals surface area contributed by atoms with Crippen LogP contribution in [0.4, 0.5) is 4.79 Å². The lowest BCUT2D eigenvalue weighted by Crippen LogP contribution is -2.47. The van der Waals surface area contributed by atoms with Gasteiger partial charge in [0.25, 0.3) is 5.91 Å². The molecule has 3 amide bonds. The van der Waals surface area contributed by atoms with Crippen LogP contribution in [0.25, 0.3) is 0 Å². The van der Waals surface area contributed by atoms with E-state index in [1.165, 1.54) is 0 Å². The maximum atomic E-state index is 12.1. The van der Waals surface area contributed by atoms with Crippen LogP contribution in [0.5, 0.6) is 11.5 Å². The van der Waals surface area contributed by atoms with Gasteiger partial charge in [0.05, 0.1) is 18.2 Å². The van der Waals surface area contributed by atoms with E-state index >= 15 is 0 Å². The first-order valence-electron chi connectivity index (χ1n) is 8.48. The van der Waals surface area contributed by atoms with Crippen molar-refractivity contribution in [3.05, 3.63) is 23.8 Å². The van der Waals surface area contributed by atoms with E-state index in [0.29, 0.717) is 23.7 Å². The van der Waals surface area contributed by atoms with E-state index in [1.807, 2.05) is 13.0 Å². The fourth-order valence-electron chi connectivity index (χ4n) is 2.69. The number of ether oxygens (including phenoxy) is 2. The molecule has 1 aromatic carbocycles. The molecule has 1 aliphatic rings. The van der Waals surface area contributed by atoms with Crippen molar-refractivity contribution in [3.8, 4) is 17.6 Å². The third-order valence-electron chi connectivity index (χ3n) is 3.97. The van der Waals surface area contributed by atoms with Crippen LogP contribution in [0.1, 0.15) is 45.1 Å². The molecule has 0 unspecified atom stereocenters. The summed E-state index contributed by atoms with van der Waals surface area (Å²) in [6, 6.07) is 6.36. The molecule has 2 N–H and O–H groups in total. The molecule has 25 heavy (non-hydrogen) atoms. The number of nitrogens with one attached hydrogen (secondary N) is 2. The largest absolute Gasteiger partial charge is 0.490 e. The number of amides is 3. The molecule has 7 nitrogen and oxygen atoms in total. The number of carbonyl (C=O) groups excluding carboxylic acids is 2. The number of rotatable bonds is 6. The summed E-state index contributed by atoms with van der Waals surface area (Å²) in [6.07, 6.45) is 3.18. The van der Waals surface area contributed by atoms with Gasteiger partial charge in [0, 0.05) is 12.1 Å². The van der Waals surface area contributed by atoms with Crippen molar-refractivity contribution in [2.24, 2.45) is 0 Å².